The second-order valence-electron chi connectivity index (χ2n) is 4.07. The van der Waals surface area contributed by atoms with Crippen molar-refractivity contribution in [3.05, 3.63) is 51.1 Å². The fraction of sp³-hybridized carbons (Fsp3) is 0.250. The molecule has 0 N–H and O–H groups in total. The highest BCUT2D eigenvalue weighted by molar-refractivity contribution is 5.54. The first-order valence-electron chi connectivity index (χ1n) is 5.39. The molecule has 2 rings (SSSR count). The molecule has 0 amide bonds. The second-order valence-corrected chi connectivity index (χ2v) is 4.07. The lowest BCUT2D eigenvalue weighted by Gasteiger charge is -2.06. The normalized spacial score (nSPS) is 10.7. The zero-order valence-electron chi connectivity index (χ0n) is 10.3. The molecule has 1 aromatic carbocycles. The third kappa shape index (κ3) is 1.75. The molecule has 0 saturated carbocycles. The van der Waals surface area contributed by atoms with Gasteiger partial charge in [0.15, 0.2) is 0 Å². The molecule has 0 aliphatic heterocycles. The Labute approximate surface area is 103 Å². The largest absolute Gasteiger partial charge is 0.330 e. The first-order valence-corrected chi connectivity index (χ1v) is 5.39. The van der Waals surface area contributed by atoms with Gasteiger partial charge in [-0.25, -0.2) is 4.68 Å². The quantitative estimate of drug-likeness (QED) is 0.607. The molecule has 0 radical (unpaired) electrons. The lowest BCUT2D eigenvalue weighted by atomic mass is 10.2. The fourth-order valence-electron chi connectivity index (χ4n) is 1.81. The summed E-state index contributed by atoms with van der Waals surface area (Å²) in [4.78, 5) is 10.2. The Hall–Kier alpha value is -2.24. The number of aromatic nitrogens is 2. The Morgan fingerprint density at radius 1 is 1.33 bits per heavy atom. The minimum absolute atomic E-state index is 0.147. The predicted octanol–water partition coefficient (Wildman–Crippen LogP) is 2.84. The molecule has 18 heavy (non-hydrogen) atoms. The minimum Gasteiger partial charge on any atom is -0.258 e. The second kappa shape index (κ2) is 4.21. The van der Waals surface area contributed by atoms with Crippen molar-refractivity contribution in [1.82, 2.24) is 9.78 Å². The Balaban J connectivity index is 2.75. The Bertz CT molecular complexity index is 634. The Morgan fingerprint density at radius 3 is 2.50 bits per heavy atom. The van der Waals surface area contributed by atoms with Gasteiger partial charge in [0.25, 0.3) is 0 Å². The minimum atomic E-state index is -0.859. The Kier molecular flexibility index (Phi) is 2.86. The van der Waals surface area contributed by atoms with Crippen LogP contribution < -0.4 is 0 Å². The van der Waals surface area contributed by atoms with E-state index in [0.29, 0.717) is 0 Å². The van der Waals surface area contributed by atoms with Crippen molar-refractivity contribution in [2.24, 2.45) is 0 Å². The lowest BCUT2D eigenvalue weighted by molar-refractivity contribution is -0.387. The van der Waals surface area contributed by atoms with Gasteiger partial charge in [0.1, 0.15) is 5.69 Å². The molecule has 6 heteroatoms. The number of nitro groups is 1. The molecule has 0 aliphatic carbocycles. The van der Waals surface area contributed by atoms with Crippen LogP contribution in [0.3, 0.4) is 0 Å². The molecular formula is C12H12FN3O2. The van der Waals surface area contributed by atoms with Crippen LogP contribution in [0.5, 0.6) is 0 Å². The van der Waals surface area contributed by atoms with Crippen LogP contribution >= 0.6 is 0 Å². The summed E-state index contributed by atoms with van der Waals surface area (Å²) in [5.41, 5.74) is 2.07. The number of aryl methyl sites for hydroxylation is 1. The number of para-hydroxylation sites is 1. The van der Waals surface area contributed by atoms with E-state index in [9.17, 15) is 14.5 Å². The van der Waals surface area contributed by atoms with Gasteiger partial charge < -0.3 is 0 Å². The monoisotopic (exact) mass is 249 g/mol. The van der Waals surface area contributed by atoms with Crippen LogP contribution in [-0.4, -0.2) is 14.7 Å². The average molecular weight is 249 g/mol. The number of benzene rings is 1. The molecule has 0 fully saturated rings. The van der Waals surface area contributed by atoms with E-state index < -0.39 is 16.4 Å². The topological polar surface area (TPSA) is 61.0 Å². The number of hydrogen-bond donors (Lipinski definition) is 0. The maximum atomic E-state index is 13.5. The molecule has 0 unspecified atom stereocenters. The van der Waals surface area contributed by atoms with E-state index in [4.69, 9.17) is 0 Å². The van der Waals surface area contributed by atoms with Gasteiger partial charge in [-0.1, -0.05) is 6.07 Å². The SMILES string of the molecule is Cc1nn(-c2cccc(F)c2[N+](=O)[O-])c(C)c1C. The van der Waals surface area contributed by atoms with Crippen LogP contribution in [0.1, 0.15) is 17.0 Å². The summed E-state index contributed by atoms with van der Waals surface area (Å²) in [5, 5.41) is 15.2. The number of rotatable bonds is 2. The van der Waals surface area contributed by atoms with Crippen LogP contribution in [0.2, 0.25) is 0 Å². The van der Waals surface area contributed by atoms with Gasteiger partial charge >= 0.3 is 5.69 Å². The summed E-state index contributed by atoms with van der Waals surface area (Å²) in [7, 11) is 0. The van der Waals surface area contributed by atoms with Gasteiger partial charge in [-0.2, -0.15) is 9.49 Å². The average Bonchev–Trinajstić information content (AvgIpc) is 2.56. The van der Waals surface area contributed by atoms with Crippen molar-refractivity contribution in [3.63, 3.8) is 0 Å². The first-order chi connectivity index (χ1) is 8.43. The summed E-state index contributed by atoms with van der Waals surface area (Å²) in [6.07, 6.45) is 0. The summed E-state index contributed by atoms with van der Waals surface area (Å²) in [5.74, 6) is -0.859. The van der Waals surface area contributed by atoms with Gasteiger partial charge in [0.2, 0.25) is 5.82 Å². The summed E-state index contributed by atoms with van der Waals surface area (Å²) < 4.78 is 15.0. The molecule has 1 aromatic heterocycles. The maximum absolute atomic E-state index is 13.5. The van der Waals surface area contributed by atoms with Gasteiger partial charge in [-0.3, -0.25) is 10.1 Å². The van der Waals surface area contributed by atoms with Crippen LogP contribution in [0.15, 0.2) is 18.2 Å². The molecule has 2 aromatic rings. The molecule has 0 spiro atoms. The number of halogens is 1. The zero-order chi connectivity index (χ0) is 13.4. The van der Waals surface area contributed by atoms with Crippen molar-refractivity contribution in [2.75, 3.05) is 0 Å². The summed E-state index contributed by atoms with van der Waals surface area (Å²) >= 11 is 0. The van der Waals surface area contributed by atoms with E-state index in [2.05, 4.69) is 5.10 Å². The van der Waals surface area contributed by atoms with E-state index in [1.165, 1.54) is 16.8 Å². The lowest BCUT2D eigenvalue weighted by Crippen LogP contribution is -2.05. The predicted molar refractivity (Wildman–Crippen MR) is 64.4 cm³/mol. The fourth-order valence-corrected chi connectivity index (χ4v) is 1.81. The molecule has 5 nitrogen and oxygen atoms in total. The van der Waals surface area contributed by atoms with Gasteiger partial charge in [-0.05, 0) is 38.5 Å². The van der Waals surface area contributed by atoms with E-state index >= 15 is 0 Å². The third-order valence-electron chi connectivity index (χ3n) is 3.03. The highest BCUT2D eigenvalue weighted by Crippen LogP contribution is 2.27. The molecule has 0 atom stereocenters. The molecule has 94 valence electrons. The Morgan fingerprint density at radius 2 is 2.00 bits per heavy atom. The highest BCUT2D eigenvalue weighted by Gasteiger charge is 2.23. The third-order valence-corrected chi connectivity index (χ3v) is 3.03. The van der Waals surface area contributed by atoms with Crippen molar-refractivity contribution in [1.29, 1.82) is 0 Å². The first kappa shape index (κ1) is 12.2. The van der Waals surface area contributed by atoms with E-state index in [0.717, 1.165) is 23.0 Å². The number of nitrogens with zero attached hydrogens (tertiary/aromatic N) is 3. The van der Waals surface area contributed by atoms with Gasteiger partial charge in [0, 0.05) is 5.69 Å². The van der Waals surface area contributed by atoms with Crippen LogP contribution in [0.4, 0.5) is 10.1 Å². The van der Waals surface area contributed by atoms with Crippen LogP contribution in [0, 0.1) is 36.7 Å². The van der Waals surface area contributed by atoms with E-state index in [1.807, 2.05) is 13.8 Å². The smallest absolute Gasteiger partial charge is 0.258 e. The zero-order valence-corrected chi connectivity index (χ0v) is 10.3. The van der Waals surface area contributed by atoms with E-state index in [1.54, 1.807) is 6.92 Å². The van der Waals surface area contributed by atoms with Crippen molar-refractivity contribution in [2.45, 2.75) is 20.8 Å². The molecule has 0 aliphatic rings. The highest BCUT2D eigenvalue weighted by atomic mass is 19.1. The van der Waals surface area contributed by atoms with Crippen LogP contribution in [0.25, 0.3) is 5.69 Å². The molecule has 0 bridgehead atoms. The van der Waals surface area contributed by atoms with E-state index in [-0.39, 0.29) is 5.69 Å². The number of hydrogen-bond acceptors (Lipinski definition) is 3. The maximum Gasteiger partial charge on any atom is 0.330 e. The van der Waals surface area contributed by atoms with Crippen LogP contribution in [-0.2, 0) is 0 Å². The number of nitro benzene ring substituents is 1. The van der Waals surface area contributed by atoms with Gasteiger partial charge in [-0.15, -0.1) is 0 Å². The van der Waals surface area contributed by atoms with Gasteiger partial charge in [0.05, 0.1) is 10.6 Å². The summed E-state index contributed by atoms with van der Waals surface area (Å²) in [6.45, 7) is 5.48. The molecule has 1 heterocycles. The standard InChI is InChI=1S/C12H12FN3O2/c1-7-8(2)14-15(9(7)3)11-6-4-5-10(13)12(11)16(17)18/h4-6H,1-3H3. The molecule has 0 saturated heterocycles. The molecular weight excluding hydrogens is 237 g/mol. The van der Waals surface area contributed by atoms with Crippen molar-refractivity contribution >= 4 is 5.69 Å². The summed E-state index contributed by atoms with van der Waals surface area (Å²) in [6, 6.07) is 3.99. The van der Waals surface area contributed by atoms with Crippen molar-refractivity contribution < 1.29 is 9.31 Å². The van der Waals surface area contributed by atoms with Crippen molar-refractivity contribution in [3.8, 4) is 5.69 Å².